The minimum Gasteiger partial charge on any atom is -0.356 e. The first kappa shape index (κ1) is 26.0. The highest BCUT2D eigenvalue weighted by atomic mass is 19.4. The summed E-state index contributed by atoms with van der Waals surface area (Å²) in [6.07, 6.45) is -3.63. The van der Waals surface area contributed by atoms with E-state index in [9.17, 15) is 32.8 Å². The number of alkyl halides is 3. The van der Waals surface area contributed by atoms with Crippen LogP contribution in [0.25, 0.3) is 11.0 Å². The van der Waals surface area contributed by atoms with Crippen LogP contribution in [0.4, 0.5) is 13.2 Å². The lowest BCUT2D eigenvalue weighted by Gasteiger charge is -2.27. The third-order valence-corrected chi connectivity index (χ3v) is 5.62. The molecule has 2 aromatic rings. The Bertz CT molecular complexity index is 1160. The van der Waals surface area contributed by atoms with E-state index < -0.39 is 41.1 Å². The van der Waals surface area contributed by atoms with Gasteiger partial charge < -0.3 is 20.9 Å². The third kappa shape index (κ3) is 6.71. The second-order valence-electron chi connectivity index (χ2n) is 9.81. The lowest BCUT2D eigenvalue weighted by molar-refractivity contribution is -0.137. The molecule has 3 atom stereocenters. The highest BCUT2D eigenvalue weighted by Gasteiger charge is 2.33. The average molecular weight is 493 g/mol. The predicted octanol–water partition coefficient (Wildman–Crippen LogP) is 2.65. The van der Waals surface area contributed by atoms with Crippen LogP contribution in [0.5, 0.6) is 0 Å². The van der Waals surface area contributed by atoms with Gasteiger partial charge in [0.1, 0.15) is 12.1 Å². The van der Waals surface area contributed by atoms with Crippen LogP contribution in [0, 0.1) is 22.7 Å². The number of hydrogen-bond acceptors (Lipinski definition) is 5. The van der Waals surface area contributed by atoms with Gasteiger partial charge in [-0.15, -0.1) is 0 Å². The number of nitrogens with zero attached hydrogens (tertiary/aromatic N) is 2. The molecule has 0 aliphatic carbocycles. The maximum absolute atomic E-state index is 13.0. The van der Waals surface area contributed by atoms with Gasteiger partial charge >= 0.3 is 6.18 Å². The molecular weight excluding hydrogens is 465 g/mol. The first-order valence-electron chi connectivity index (χ1n) is 11.1. The SMILES string of the molecule is CC(C)(C)C[C@H](NC(=O)c1nc2cc(C(F)(F)F)ccc2[nH]1)C(=O)N[C@H](C#N)C[C@@H]1CCNC1=O. The first-order valence-corrected chi connectivity index (χ1v) is 11.1. The molecular formula is C23H27F3N6O3. The smallest absolute Gasteiger partial charge is 0.356 e. The molecule has 0 unspecified atom stereocenters. The van der Waals surface area contributed by atoms with Crippen molar-refractivity contribution in [2.45, 2.75) is 58.3 Å². The summed E-state index contributed by atoms with van der Waals surface area (Å²) in [5.41, 5.74) is -1.09. The quantitative estimate of drug-likeness (QED) is 0.471. The zero-order chi connectivity index (χ0) is 26.0. The van der Waals surface area contributed by atoms with E-state index in [1.54, 1.807) is 0 Å². The van der Waals surface area contributed by atoms with Gasteiger partial charge in [-0.25, -0.2) is 4.98 Å². The molecule has 1 aromatic heterocycles. The first-order chi connectivity index (χ1) is 16.3. The van der Waals surface area contributed by atoms with E-state index in [2.05, 4.69) is 25.9 Å². The number of H-pyrrole nitrogens is 1. The molecule has 35 heavy (non-hydrogen) atoms. The van der Waals surface area contributed by atoms with Crippen molar-refractivity contribution in [3.05, 3.63) is 29.6 Å². The van der Waals surface area contributed by atoms with Crippen molar-refractivity contribution >= 4 is 28.8 Å². The number of aromatic nitrogens is 2. The monoisotopic (exact) mass is 492 g/mol. The Kier molecular flexibility index (Phi) is 7.38. The molecule has 0 bridgehead atoms. The molecule has 0 radical (unpaired) electrons. The highest BCUT2D eigenvalue weighted by Crippen LogP contribution is 2.31. The zero-order valence-corrected chi connectivity index (χ0v) is 19.5. The van der Waals surface area contributed by atoms with Crippen molar-refractivity contribution in [2.75, 3.05) is 6.54 Å². The van der Waals surface area contributed by atoms with Crippen molar-refractivity contribution in [3.8, 4) is 6.07 Å². The Hall–Kier alpha value is -3.62. The fourth-order valence-corrected chi connectivity index (χ4v) is 3.91. The number of carbonyl (C=O) groups excluding carboxylic acids is 3. The topological polar surface area (TPSA) is 140 Å². The number of imidazole rings is 1. The van der Waals surface area contributed by atoms with Crippen molar-refractivity contribution < 1.29 is 27.6 Å². The van der Waals surface area contributed by atoms with Crippen LogP contribution < -0.4 is 16.0 Å². The minimum absolute atomic E-state index is 0.0406. The number of halogens is 3. The van der Waals surface area contributed by atoms with Crippen LogP contribution in [0.2, 0.25) is 0 Å². The summed E-state index contributed by atoms with van der Waals surface area (Å²) in [6, 6.07) is 2.90. The van der Waals surface area contributed by atoms with Crippen LogP contribution in [0.3, 0.4) is 0 Å². The molecule has 3 amide bonds. The van der Waals surface area contributed by atoms with Gasteiger partial charge in [-0.1, -0.05) is 20.8 Å². The van der Waals surface area contributed by atoms with Crippen molar-refractivity contribution in [1.82, 2.24) is 25.9 Å². The van der Waals surface area contributed by atoms with E-state index in [4.69, 9.17) is 0 Å². The molecule has 2 heterocycles. The fraction of sp³-hybridized carbons (Fsp3) is 0.522. The summed E-state index contributed by atoms with van der Waals surface area (Å²) >= 11 is 0. The highest BCUT2D eigenvalue weighted by molar-refractivity contribution is 5.97. The lowest BCUT2D eigenvalue weighted by Crippen LogP contribution is -2.51. The summed E-state index contributed by atoms with van der Waals surface area (Å²) in [4.78, 5) is 44.3. The van der Waals surface area contributed by atoms with E-state index in [1.165, 1.54) is 6.07 Å². The summed E-state index contributed by atoms with van der Waals surface area (Å²) in [6.45, 7) is 6.11. The van der Waals surface area contributed by atoms with Crippen LogP contribution in [-0.2, 0) is 15.8 Å². The Labute approximate surface area is 199 Å². The minimum atomic E-state index is -4.55. The zero-order valence-electron chi connectivity index (χ0n) is 19.5. The number of nitriles is 1. The number of rotatable bonds is 7. The van der Waals surface area contributed by atoms with E-state index in [-0.39, 0.29) is 41.5 Å². The van der Waals surface area contributed by atoms with Crippen LogP contribution >= 0.6 is 0 Å². The van der Waals surface area contributed by atoms with Gasteiger partial charge in [-0.3, -0.25) is 14.4 Å². The van der Waals surface area contributed by atoms with E-state index in [1.807, 2.05) is 26.8 Å². The third-order valence-electron chi connectivity index (χ3n) is 5.62. The molecule has 0 saturated carbocycles. The Morgan fingerprint density at radius 3 is 2.54 bits per heavy atom. The Morgan fingerprint density at radius 1 is 1.26 bits per heavy atom. The van der Waals surface area contributed by atoms with E-state index in [0.29, 0.717) is 13.0 Å². The molecule has 1 aromatic carbocycles. The Balaban J connectivity index is 1.75. The maximum atomic E-state index is 13.0. The van der Waals surface area contributed by atoms with Gasteiger partial charge in [0.2, 0.25) is 11.8 Å². The summed E-state index contributed by atoms with van der Waals surface area (Å²) < 4.78 is 38.9. The molecule has 1 aliphatic heterocycles. The van der Waals surface area contributed by atoms with Crippen LogP contribution in [0.1, 0.15) is 56.2 Å². The summed E-state index contributed by atoms with van der Waals surface area (Å²) in [5.74, 6) is -2.17. The van der Waals surface area contributed by atoms with Crippen LogP contribution in [0.15, 0.2) is 18.2 Å². The molecule has 12 heteroatoms. The van der Waals surface area contributed by atoms with Gasteiger partial charge in [-0.2, -0.15) is 18.4 Å². The molecule has 1 aliphatic rings. The second-order valence-corrected chi connectivity index (χ2v) is 9.81. The van der Waals surface area contributed by atoms with Crippen molar-refractivity contribution in [3.63, 3.8) is 0 Å². The standard InChI is InChI=1S/C23H27F3N6O3/c1-22(2,3)10-17(20(34)29-14(11-27)8-12-6-7-28-19(12)33)32-21(35)18-30-15-5-4-13(23(24,25)26)9-16(15)31-18/h4-5,9,12,14,17H,6-8,10H2,1-3H3,(H,28,33)(H,29,34)(H,30,31)(H,32,35)/t12-,14-,17-/m0/s1. The number of carbonyl (C=O) groups is 3. The maximum Gasteiger partial charge on any atom is 0.416 e. The largest absolute Gasteiger partial charge is 0.416 e. The molecule has 4 N–H and O–H groups in total. The van der Waals surface area contributed by atoms with Gasteiger partial charge in [0.25, 0.3) is 5.91 Å². The van der Waals surface area contributed by atoms with Gasteiger partial charge in [0.05, 0.1) is 22.7 Å². The second kappa shape index (κ2) is 9.93. The molecule has 3 rings (SSSR count). The molecule has 1 saturated heterocycles. The fourth-order valence-electron chi connectivity index (χ4n) is 3.91. The van der Waals surface area contributed by atoms with E-state index >= 15 is 0 Å². The van der Waals surface area contributed by atoms with Crippen molar-refractivity contribution in [2.24, 2.45) is 11.3 Å². The van der Waals surface area contributed by atoms with Crippen molar-refractivity contribution in [1.29, 1.82) is 5.26 Å². The Morgan fingerprint density at radius 2 is 1.97 bits per heavy atom. The number of nitrogens with one attached hydrogen (secondary N) is 4. The summed E-state index contributed by atoms with van der Waals surface area (Å²) in [7, 11) is 0. The van der Waals surface area contributed by atoms with Gasteiger partial charge in [0.15, 0.2) is 5.82 Å². The summed E-state index contributed by atoms with van der Waals surface area (Å²) in [5, 5.41) is 17.3. The van der Waals surface area contributed by atoms with Gasteiger partial charge in [0, 0.05) is 12.5 Å². The number of hydrogen-bond donors (Lipinski definition) is 4. The molecule has 1 fully saturated rings. The normalized spacial score (nSPS) is 18.0. The average Bonchev–Trinajstić information content (AvgIpc) is 3.36. The number of benzene rings is 1. The lowest BCUT2D eigenvalue weighted by atomic mass is 9.87. The number of fused-ring (bicyclic) bond motifs is 1. The molecule has 188 valence electrons. The molecule has 9 nitrogen and oxygen atoms in total. The number of amides is 3. The molecule has 0 spiro atoms. The predicted molar refractivity (Wildman–Crippen MR) is 120 cm³/mol. The van der Waals surface area contributed by atoms with Gasteiger partial charge in [-0.05, 0) is 42.9 Å². The number of aromatic amines is 1. The van der Waals surface area contributed by atoms with Crippen LogP contribution in [-0.4, -0.2) is 46.3 Å². The van der Waals surface area contributed by atoms with E-state index in [0.717, 1.165) is 12.1 Å².